The lowest BCUT2D eigenvalue weighted by Gasteiger charge is -2.20. The molecule has 0 saturated carbocycles. The summed E-state index contributed by atoms with van der Waals surface area (Å²) in [5, 5.41) is 0.463. The van der Waals surface area contributed by atoms with Crippen molar-refractivity contribution in [1.82, 2.24) is 0 Å². The highest BCUT2D eigenvalue weighted by molar-refractivity contribution is 6.30. The first-order valence-electron chi connectivity index (χ1n) is 5.01. The van der Waals surface area contributed by atoms with Gasteiger partial charge in [-0.3, -0.25) is 0 Å². The Balaban J connectivity index is 3.04. The Labute approximate surface area is 90.1 Å². The van der Waals surface area contributed by atoms with Crippen LogP contribution in [-0.4, -0.2) is 0 Å². The van der Waals surface area contributed by atoms with Crippen LogP contribution < -0.4 is 0 Å². The minimum Gasteiger partial charge on any atom is -0.207 e. The molecule has 0 spiro atoms. The van der Waals surface area contributed by atoms with Crippen LogP contribution in [0.25, 0.3) is 0 Å². The van der Waals surface area contributed by atoms with Gasteiger partial charge in [0, 0.05) is 5.02 Å². The molecule has 1 aromatic rings. The maximum absolute atomic E-state index is 13.6. The molecule has 1 atom stereocenters. The van der Waals surface area contributed by atoms with Gasteiger partial charge >= 0.3 is 0 Å². The molecule has 14 heavy (non-hydrogen) atoms. The van der Waals surface area contributed by atoms with Gasteiger partial charge in [-0.1, -0.05) is 38.4 Å². The highest BCUT2D eigenvalue weighted by Crippen LogP contribution is 2.30. The molecule has 78 valence electrons. The predicted octanol–water partition coefficient (Wildman–Crippen LogP) is 4.63. The summed E-state index contributed by atoms with van der Waals surface area (Å²) in [6.07, 6.45) is 0.955. The molecule has 0 bridgehead atoms. The fraction of sp³-hybridized carbons (Fsp3) is 0.500. The molecule has 0 fully saturated rings. The van der Waals surface area contributed by atoms with Crippen molar-refractivity contribution >= 4 is 11.6 Å². The molecule has 0 aromatic heterocycles. The fourth-order valence-electron chi connectivity index (χ4n) is 1.85. The molecule has 0 saturated heterocycles. The maximum atomic E-state index is 13.6. The topological polar surface area (TPSA) is 0 Å². The van der Waals surface area contributed by atoms with Crippen molar-refractivity contribution in [3.63, 3.8) is 0 Å². The zero-order valence-corrected chi connectivity index (χ0v) is 9.61. The number of rotatable bonds is 3. The lowest BCUT2D eigenvalue weighted by atomic mass is 9.86. The monoisotopic (exact) mass is 214 g/mol. The first-order chi connectivity index (χ1) is 6.56. The molecule has 0 nitrogen and oxygen atoms in total. The van der Waals surface area contributed by atoms with E-state index in [9.17, 15) is 4.39 Å². The van der Waals surface area contributed by atoms with Crippen LogP contribution >= 0.6 is 11.6 Å². The summed E-state index contributed by atoms with van der Waals surface area (Å²) < 4.78 is 13.6. The van der Waals surface area contributed by atoms with Crippen LogP contribution in [0, 0.1) is 11.7 Å². The SMILES string of the molecule is CC[C@@H](c1ccc(Cl)cc1F)C(C)C. The second-order valence-corrected chi connectivity index (χ2v) is 4.36. The molecule has 1 rings (SSSR count). The van der Waals surface area contributed by atoms with Crippen LogP contribution in [0.2, 0.25) is 5.02 Å². The minimum absolute atomic E-state index is 0.182. The van der Waals surface area contributed by atoms with Crippen LogP contribution in [0.5, 0.6) is 0 Å². The van der Waals surface area contributed by atoms with Crippen molar-refractivity contribution < 1.29 is 4.39 Å². The van der Waals surface area contributed by atoms with Gasteiger partial charge in [0.05, 0.1) is 0 Å². The average Bonchev–Trinajstić information content (AvgIpc) is 2.09. The van der Waals surface area contributed by atoms with Gasteiger partial charge in [0.15, 0.2) is 0 Å². The molecule has 0 amide bonds. The largest absolute Gasteiger partial charge is 0.207 e. The molecule has 0 unspecified atom stereocenters. The van der Waals surface area contributed by atoms with Crippen molar-refractivity contribution in [3.8, 4) is 0 Å². The number of hydrogen-bond donors (Lipinski definition) is 0. The van der Waals surface area contributed by atoms with Crippen molar-refractivity contribution in [2.75, 3.05) is 0 Å². The molecule has 0 aliphatic carbocycles. The van der Waals surface area contributed by atoms with Crippen LogP contribution in [0.3, 0.4) is 0 Å². The predicted molar refractivity (Wildman–Crippen MR) is 59.3 cm³/mol. The molecule has 0 heterocycles. The summed E-state index contributed by atoms with van der Waals surface area (Å²) in [4.78, 5) is 0. The first kappa shape index (κ1) is 11.5. The summed E-state index contributed by atoms with van der Waals surface area (Å²) in [5.41, 5.74) is 0.784. The summed E-state index contributed by atoms with van der Waals surface area (Å²) in [6, 6.07) is 4.94. The quantitative estimate of drug-likeness (QED) is 0.688. The average molecular weight is 215 g/mol. The maximum Gasteiger partial charge on any atom is 0.128 e. The van der Waals surface area contributed by atoms with Crippen molar-refractivity contribution in [2.45, 2.75) is 33.1 Å². The van der Waals surface area contributed by atoms with E-state index in [0.717, 1.165) is 12.0 Å². The standard InChI is InChI=1S/C12H16ClF/c1-4-10(8(2)3)11-6-5-9(13)7-12(11)14/h5-8,10H,4H2,1-3H3/t10-/m1/s1. The summed E-state index contributed by atoms with van der Waals surface area (Å²) in [6.45, 7) is 6.31. The minimum atomic E-state index is -0.182. The lowest BCUT2D eigenvalue weighted by Crippen LogP contribution is -2.07. The molecular weight excluding hydrogens is 199 g/mol. The van der Waals surface area contributed by atoms with Gasteiger partial charge in [0.1, 0.15) is 5.82 Å². The Morgan fingerprint density at radius 1 is 1.36 bits per heavy atom. The van der Waals surface area contributed by atoms with E-state index in [2.05, 4.69) is 20.8 Å². The second-order valence-electron chi connectivity index (χ2n) is 3.92. The zero-order chi connectivity index (χ0) is 10.7. The van der Waals surface area contributed by atoms with Gasteiger partial charge in [0.2, 0.25) is 0 Å². The highest BCUT2D eigenvalue weighted by Gasteiger charge is 2.17. The molecule has 2 heteroatoms. The van der Waals surface area contributed by atoms with E-state index in [-0.39, 0.29) is 11.7 Å². The Hall–Kier alpha value is -0.560. The number of hydrogen-bond acceptors (Lipinski definition) is 0. The van der Waals surface area contributed by atoms with Crippen molar-refractivity contribution in [1.29, 1.82) is 0 Å². The molecule has 0 radical (unpaired) electrons. The van der Waals surface area contributed by atoms with Crippen LogP contribution in [0.4, 0.5) is 4.39 Å². The van der Waals surface area contributed by atoms with E-state index < -0.39 is 0 Å². The normalized spacial score (nSPS) is 13.3. The van der Waals surface area contributed by atoms with E-state index in [0.29, 0.717) is 10.9 Å². The molecule has 0 aliphatic rings. The first-order valence-corrected chi connectivity index (χ1v) is 5.39. The zero-order valence-electron chi connectivity index (χ0n) is 8.85. The van der Waals surface area contributed by atoms with Gasteiger partial charge in [0.25, 0.3) is 0 Å². The molecule has 0 aliphatic heterocycles. The number of halogens is 2. The van der Waals surface area contributed by atoms with Gasteiger partial charge < -0.3 is 0 Å². The highest BCUT2D eigenvalue weighted by atomic mass is 35.5. The van der Waals surface area contributed by atoms with Gasteiger partial charge in [-0.05, 0) is 36.0 Å². The fourth-order valence-corrected chi connectivity index (χ4v) is 2.01. The van der Waals surface area contributed by atoms with Crippen LogP contribution in [-0.2, 0) is 0 Å². The van der Waals surface area contributed by atoms with E-state index in [4.69, 9.17) is 11.6 Å². The number of benzene rings is 1. The third-order valence-corrected chi connectivity index (χ3v) is 2.84. The molecular formula is C12H16ClF. The Bertz CT molecular complexity index is 307. The van der Waals surface area contributed by atoms with Crippen LogP contribution in [0.15, 0.2) is 18.2 Å². The van der Waals surface area contributed by atoms with Gasteiger partial charge in [-0.2, -0.15) is 0 Å². The summed E-state index contributed by atoms with van der Waals surface area (Å²) in [7, 11) is 0. The molecule has 0 N–H and O–H groups in total. The third kappa shape index (κ3) is 2.48. The van der Waals surface area contributed by atoms with Crippen molar-refractivity contribution in [3.05, 3.63) is 34.6 Å². The molecule has 1 aromatic carbocycles. The Morgan fingerprint density at radius 3 is 2.43 bits per heavy atom. The summed E-state index contributed by atoms with van der Waals surface area (Å²) in [5.74, 6) is 0.556. The summed E-state index contributed by atoms with van der Waals surface area (Å²) >= 11 is 5.70. The van der Waals surface area contributed by atoms with E-state index in [1.165, 1.54) is 6.07 Å². The van der Waals surface area contributed by atoms with Crippen LogP contribution in [0.1, 0.15) is 38.7 Å². The third-order valence-electron chi connectivity index (χ3n) is 2.61. The van der Waals surface area contributed by atoms with Gasteiger partial charge in [-0.25, -0.2) is 4.39 Å². The van der Waals surface area contributed by atoms with Gasteiger partial charge in [-0.15, -0.1) is 0 Å². The lowest BCUT2D eigenvalue weighted by molar-refractivity contribution is 0.461. The smallest absolute Gasteiger partial charge is 0.128 e. The van der Waals surface area contributed by atoms with E-state index >= 15 is 0 Å². The van der Waals surface area contributed by atoms with Crippen molar-refractivity contribution in [2.24, 2.45) is 5.92 Å². The Kier molecular flexibility index (Phi) is 3.94. The van der Waals surface area contributed by atoms with E-state index in [1.54, 1.807) is 12.1 Å². The Morgan fingerprint density at radius 2 is 2.00 bits per heavy atom. The van der Waals surface area contributed by atoms with E-state index in [1.807, 2.05) is 0 Å². The second kappa shape index (κ2) is 4.79.